The molecule has 1 heterocycles. The van der Waals surface area contributed by atoms with Crippen LogP contribution in [0.2, 0.25) is 10.2 Å². The van der Waals surface area contributed by atoms with E-state index in [1.54, 1.807) is 4.68 Å². The van der Waals surface area contributed by atoms with Crippen LogP contribution >= 0.6 is 34.8 Å². The van der Waals surface area contributed by atoms with E-state index in [4.69, 9.17) is 34.8 Å². The number of aromatic nitrogens is 2. The molecule has 2 aromatic rings. The summed E-state index contributed by atoms with van der Waals surface area (Å²) in [6, 6.07) is 7.69. The second-order valence-electron chi connectivity index (χ2n) is 4.39. The molecule has 2 rings (SSSR count). The highest BCUT2D eigenvalue weighted by atomic mass is 35.5. The van der Waals surface area contributed by atoms with Gasteiger partial charge in [-0.2, -0.15) is 5.10 Å². The van der Waals surface area contributed by atoms with Gasteiger partial charge in [0, 0.05) is 10.6 Å². The van der Waals surface area contributed by atoms with Crippen LogP contribution in [0, 0.1) is 0 Å². The van der Waals surface area contributed by atoms with E-state index in [9.17, 15) is 0 Å². The largest absolute Gasteiger partial charge is 0.249 e. The Kier molecular flexibility index (Phi) is 5.14. The van der Waals surface area contributed by atoms with Gasteiger partial charge in [-0.1, -0.05) is 48.7 Å². The summed E-state index contributed by atoms with van der Waals surface area (Å²) >= 11 is 18.3. The normalized spacial score (nSPS) is 10.9. The molecule has 0 N–H and O–H groups in total. The van der Waals surface area contributed by atoms with E-state index in [1.165, 1.54) is 0 Å². The molecule has 0 bridgehead atoms. The molecule has 0 atom stereocenters. The third-order valence-corrected chi connectivity index (χ3v) is 3.83. The first-order chi connectivity index (χ1) is 9.15. The van der Waals surface area contributed by atoms with Gasteiger partial charge in [-0.15, -0.1) is 11.6 Å². The van der Waals surface area contributed by atoms with Gasteiger partial charge in [0.15, 0.2) is 0 Å². The Hall–Kier alpha value is -0.700. The zero-order valence-corrected chi connectivity index (χ0v) is 12.9. The second-order valence-corrected chi connectivity index (χ2v) is 5.45. The SMILES string of the molecule is CCCc1nn(Cc2cccc(Cl)c2)c(Cl)c1CCl. The lowest BCUT2D eigenvalue weighted by Gasteiger charge is -2.04. The van der Waals surface area contributed by atoms with Crippen molar-refractivity contribution >= 4 is 34.8 Å². The molecule has 0 spiro atoms. The van der Waals surface area contributed by atoms with Gasteiger partial charge in [-0.05, 0) is 24.1 Å². The molecule has 0 aliphatic carbocycles. The smallest absolute Gasteiger partial charge is 0.132 e. The van der Waals surface area contributed by atoms with Crippen molar-refractivity contribution in [1.82, 2.24) is 9.78 Å². The maximum absolute atomic E-state index is 6.34. The Morgan fingerprint density at radius 2 is 2.05 bits per heavy atom. The number of hydrogen-bond donors (Lipinski definition) is 0. The molecule has 19 heavy (non-hydrogen) atoms. The van der Waals surface area contributed by atoms with Gasteiger partial charge in [0.25, 0.3) is 0 Å². The molecule has 1 aromatic heterocycles. The van der Waals surface area contributed by atoms with E-state index >= 15 is 0 Å². The predicted octanol–water partition coefficient (Wildman–Crippen LogP) is 4.93. The minimum Gasteiger partial charge on any atom is -0.249 e. The van der Waals surface area contributed by atoms with Crippen LogP contribution in [0.4, 0.5) is 0 Å². The van der Waals surface area contributed by atoms with Gasteiger partial charge in [0.1, 0.15) is 5.15 Å². The summed E-state index contributed by atoms with van der Waals surface area (Å²) in [6.45, 7) is 2.72. The zero-order chi connectivity index (χ0) is 13.8. The van der Waals surface area contributed by atoms with Crippen LogP contribution in [0.25, 0.3) is 0 Å². The fourth-order valence-electron chi connectivity index (χ4n) is 2.01. The summed E-state index contributed by atoms with van der Waals surface area (Å²) < 4.78 is 1.79. The van der Waals surface area contributed by atoms with Crippen molar-refractivity contribution in [3.8, 4) is 0 Å². The summed E-state index contributed by atoms with van der Waals surface area (Å²) in [6.07, 6.45) is 1.92. The van der Waals surface area contributed by atoms with Crippen LogP contribution in [0.5, 0.6) is 0 Å². The maximum Gasteiger partial charge on any atom is 0.132 e. The summed E-state index contributed by atoms with van der Waals surface area (Å²) in [7, 11) is 0. The summed E-state index contributed by atoms with van der Waals surface area (Å²) in [5, 5.41) is 5.89. The third-order valence-electron chi connectivity index (χ3n) is 2.91. The Morgan fingerprint density at radius 1 is 1.26 bits per heavy atom. The molecule has 0 amide bonds. The molecule has 0 saturated carbocycles. The highest BCUT2D eigenvalue weighted by Crippen LogP contribution is 2.24. The molecular formula is C14H15Cl3N2. The predicted molar refractivity (Wildman–Crippen MR) is 81.3 cm³/mol. The van der Waals surface area contributed by atoms with Crippen molar-refractivity contribution in [2.75, 3.05) is 0 Å². The van der Waals surface area contributed by atoms with Crippen LogP contribution in [-0.4, -0.2) is 9.78 Å². The van der Waals surface area contributed by atoms with Gasteiger partial charge in [-0.3, -0.25) is 0 Å². The number of benzene rings is 1. The number of nitrogens with zero attached hydrogens (tertiary/aromatic N) is 2. The van der Waals surface area contributed by atoms with Crippen LogP contribution < -0.4 is 0 Å². The summed E-state index contributed by atoms with van der Waals surface area (Å²) in [4.78, 5) is 0. The molecule has 0 fully saturated rings. The molecule has 0 radical (unpaired) electrons. The molecule has 0 unspecified atom stereocenters. The number of halogens is 3. The van der Waals surface area contributed by atoms with Gasteiger partial charge in [0.2, 0.25) is 0 Å². The fraction of sp³-hybridized carbons (Fsp3) is 0.357. The molecule has 0 aliphatic heterocycles. The minimum atomic E-state index is 0.393. The summed E-state index contributed by atoms with van der Waals surface area (Å²) in [5.41, 5.74) is 3.00. The number of hydrogen-bond acceptors (Lipinski definition) is 1. The highest BCUT2D eigenvalue weighted by Gasteiger charge is 2.15. The lowest BCUT2D eigenvalue weighted by Crippen LogP contribution is -2.02. The van der Waals surface area contributed by atoms with E-state index in [1.807, 2.05) is 24.3 Å². The molecule has 1 aromatic carbocycles. The van der Waals surface area contributed by atoms with E-state index in [-0.39, 0.29) is 0 Å². The molecule has 2 nitrogen and oxygen atoms in total. The highest BCUT2D eigenvalue weighted by molar-refractivity contribution is 6.31. The first-order valence-corrected chi connectivity index (χ1v) is 7.49. The fourth-order valence-corrected chi connectivity index (χ4v) is 2.84. The average Bonchev–Trinajstić information content (AvgIpc) is 2.66. The van der Waals surface area contributed by atoms with Crippen molar-refractivity contribution < 1.29 is 0 Å². The Bertz CT molecular complexity index is 564. The van der Waals surface area contributed by atoms with Crippen LogP contribution in [-0.2, 0) is 18.8 Å². The molecule has 5 heteroatoms. The Labute approximate surface area is 128 Å². The van der Waals surface area contributed by atoms with Gasteiger partial charge in [0.05, 0.1) is 18.1 Å². The maximum atomic E-state index is 6.34. The standard InChI is InChI=1S/C14H15Cl3N2/c1-2-4-13-12(8-15)14(17)19(18-13)9-10-5-3-6-11(16)7-10/h3,5-7H,2,4,8-9H2,1H3. The Balaban J connectivity index is 2.30. The number of aryl methyl sites for hydroxylation is 1. The van der Waals surface area contributed by atoms with Gasteiger partial charge in [-0.25, -0.2) is 4.68 Å². The van der Waals surface area contributed by atoms with Gasteiger partial charge >= 0.3 is 0 Å². The van der Waals surface area contributed by atoms with Crippen molar-refractivity contribution in [1.29, 1.82) is 0 Å². The molecular weight excluding hydrogens is 303 g/mol. The quantitative estimate of drug-likeness (QED) is 0.715. The molecule has 0 aliphatic rings. The molecule has 0 saturated heterocycles. The van der Waals surface area contributed by atoms with Crippen molar-refractivity contribution in [3.63, 3.8) is 0 Å². The first-order valence-electron chi connectivity index (χ1n) is 6.20. The minimum absolute atomic E-state index is 0.393. The van der Waals surface area contributed by atoms with Crippen LogP contribution in [0.3, 0.4) is 0 Å². The zero-order valence-electron chi connectivity index (χ0n) is 10.7. The van der Waals surface area contributed by atoms with Crippen LogP contribution in [0.15, 0.2) is 24.3 Å². The average molecular weight is 318 g/mol. The van der Waals surface area contributed by atoms with E-state index in [0.717, 1.165) is 29.7 Å². The van der Waals surface area contributed by atoms with Crippen molar-refractivity contribution in [2.45, 2.75) is 32.2 Å². The third kappa shape index (κ3) is 3.44. The van der Waals surface area contributed by atoms with Crippen molar-refractivity contribution in [3.05, 3.63) is 51.3 Å². The lowest BCUT2D eigenvalue weighted by atomic mass is 10.2. The molecule has 102 valence electrons. The summed E-state index contributed by atoms with van der Waals surface area (Å²) in [5.74, 6) is 0.393. The monoisotopic (exact) mass is 316 g/mol. The Morgan fingerprint density at radius 3 is 2.68 bits per heavy atom. The number of alkyl halides is 1. The van der Waals surface area contributed by atoms with E-state index in [2.05, 4.69) is 12.0 Å². The number of rotatable bonds is 5. The first kappa shape index (κ1) is 14.7. The van der Waals surface area contributed by atoms with E-state index < -0.39 is 0 Å². The van der Waals surface area contributed by atoms with Gasteiger partial charge < -0.3 is 0 Å². The lowest BCUT2D eigenvalue weighted by molar-refractivity contribution is 0.668. The topological polar surface area (TPSA) is 17.8 Å². The van der Waals surface area contributed by atoms with Crippen LogP contribution in [0.1, 0.15) is 30.2 Å². The van der Waals surface area contributed by atoms with E-state index in [0.29, 0.717) is 22.6 Å². The second kappa shape index (κ2) is 6.65. The van der Waals surface area contributed by atoms with Crippen molar-refractivity contribution in [2.24, 2.45) is 0 Å².